The van der Waals surface area contributed by atoms with Gasteiger partial charge in [-0.1, -0.05) is 41.4 Å². The van der Waals surface area contributed by atoms with Crippen molar-refractivity contribution in [3.05, 3.63) is 63.6 Å². The molecule has 0 aliphatic carbocycles. The molecule has 0 aliphatic heterocycles. The highest BCUT2D eigenvalue weighted by atomic mass is 35.5. The molecule has 162 valence electrons. The number of hydrogen-bond acceptors (Lipinski definition) is 4. The minimum atomic E-state index is -1.02. The van der Waals surface area contributed by atoms with Crippen LogP contribution < -0.4 is 10.1 Å². The first kappa shape index (κ1) is 24.0. The van der Waals surface area contributed by atoms with Crippen LogP contribution in [0.15, 0.2) is 42.5 Å². The van der Waals surface area contributed by atoms with Gasteiger partial charge in [0.15, 0.2) is 6.10 Å². The third-order valence-electron chi connectivity index (χ3n) is 4.42. The lowest BCUT2D eigenvalue weighted by Gasteiger charge is -2.16. The van der Waals surface area contributed by atoms with Gasteiger partial charge in [0.05, 0.1) is 6.42 Å². The van der Waals surface area contributed by atoms with E-state index in [0.29, 0.717) is 28.8 Å². The standard InChI is InChI=1S/C22H25Cl2NO5/c1-14(10-21(26)25-9-8-16-6-7-17(23)13-19(16)24)30-18-5-3-4-15(11-18)12-20(29-2)22(27)28/h3-7,11,13-14,20H,8-10,12H2,1-2H3,(H,25,26)(H,27,28)/t14?,20-/m0/s1. The summed E-state index contributed by atoms with van der Waals surface area (Å²) in [5, 5.41) is 13.1. The average molecular weight is 454 g/mol. The van der Waals surface area contributed by atoms with E-state index in [1.807, 2.05) is 6.07 Å². The number of ether oxygens (including phenoxy) is 2. The number of hydrogen-bond donors (Lipinski definition) is 2. The number of carbonyl (C=O) groups is 2. The lowest BCUT2D eigenvalue weighted by Crippen LogP contribution is -2.30. The highest BCUT2D eigenvalue weighted by Gasteiger charge is 2.17. The lowest BCUT2D eigenvalue weighted by atomic mass is 10.1. The molecule has 0 fully saturated rings. The minimum Gasteiger partial charge on any atom is -0.490 e. The number of methoxy groups -OCH3 is 1. The van der Waals surface area contributed by atoms with Gasteiger partial charge < -0.3 is 19.9 Å². The number of halogens is 2. The quantitative estimate of drug-likeness (QED) is 0.533. The van der Waals surface area contributed by atoms with Gasteiger partial charge in [0, 0.05) is 30.1 Å². The predicted molar refractivity (Wildman–Crippen MR) is 116 cm³/mol. The van der Waals surface area contributed by atoms with Gasteiger partial charge in [0.25, 0.3) is 0 Å². The first-order chi connectivity index (χ1) is 14.3. The van der Waals surface area contributed by atoms with Crippen molar-refractivity contribution >= 4 is 35.1 Å². The molecular weight excluding hydrogens is 429 g/mol. The molecule has 6 nitrogen and oxygen atoms in total. The Labute approximate surface area is 186 Å². The summed E-state index contributed by atoms with van der Waals surface area (Å²) in [5.74, 6) is -0.580. The third kappa shape index (κ3) is 7.86. The van der Waals surface area contributed by atoms with E-state index in [4.69, 9.17) is 37.8 Å². The number of nitrogens with one attached hydrogen (secondary N) is 1. The summed E-state index contributed by atoms with van der Waals surface area (Å²) >= 11 is 12.0. The molecule has 0 radical (unpaired) electrons. The van der Waals surface area contributed by atoms with Crippen molar-refractivity contribution in [2.75, 3.05) is 13.7 Å². The van der Waals surface area contributed by atoms with Gasteiger partial charge in [-0.3, -0.25) is 4.79 Å². The largest absolute Gasteiger partial charge is 0.490 e. The maximum absolute atomic E-state index is 12.2. The van der Waals surface area contributed by atoms with E-state index in [9.17, 15) is 9.59 Å². The van der Waals surface area contributed by atoms with Crippen LogP contribution in [0.1, 0.15) is 24.5 Å². The van der Waals surface area contributed by atoms with Crippen LogP contribution in [-0.2, 0) is 27.2 Å². The summed E-state index contributed by atoms with van der Waals surface area (Å²) in [6.07, 6.45) is -0.252. The first-order valence-corrected chi connectivity index (χ1v) is 10.3. The molecule has 0 aliphatic rings. The summed E-state index contributed by atoms with van der Waals surface area (Å²) in [6, 6.07) is 12.4. The van der Waals surface area contributed by atoms with Crippen molar-refractivity contribution < 1.29 is 24.2 Å². The van der Waals surface area contributed by atoms with E-state index in [-0.39, 0.29) is 24.9 Å². The van der Waals surface area contributed by atoms with E-state index in [0.717, 1.165) is 11.1 Å². The van der Waals surface area contributed by atoms with Crippen LogP contribution in [0.4, 0.5) is 0 Å². The van der Waals surface area contributed by atoms with E-state index in [2.05, 4.69) is 5.32 Å². The van der Waals surface area contributed by atoms with Crippen molar-refractivity contribution in [3.8, 4) is 5.75 Å². The molecule has 0 bridgehead atoms. The summed E-state index contributed by atoms with van der Waals surface area (Å²) in [6.45, 7) is 2.26. The summed E-state index contributed by atoms with van der Waals surface area (Å²) < 4.78 is 10.8. The second-order valence-corrected chi connectivity index (χ2v) is 7.73. The zero-order valence-electron chi connectivity index (χ0n) is 16.9. The number of amides is 1. The van der Waals surface area contributed by atoms with Crippen molar-refractivity contribution in [2.24, 2.45) is 0 Å². The molecule has 2 aromatic carbocycles. The van der Waals surface area contributed by atoms with Gasteiger partial charge in [-0.2, -0.15) is 0 Å². The second kappa shape index (κ2) is 11.8. The van der Waals surface area contributed by atoms with E-state index >= 15 is 0 Å². The van der Waals surface area contributed by atoms with Crippen LogP contribution in [0.2, 0.25) is 10.0 Å². The molecule has 0 saturated heterocycles. The predicted octanol–water partition coefficient (Wildman–Crippen LogP) is 4.15. The molecule has 2 rings (SSSR count). The lowest BCUT2D eigenvalue weighted by molar-refractivity contribution is -0.148. The molecule has 2 N–H and O–H groups in total. The fourth-order valence-corrected chi connectivity index (χ4v) is 3.40. The summed E-state index contributed by atoms with van der Waals surface area (Å²) in [5.41, 5.74) is 1.69. The van der Waals surface area contributed by atoms with Crippen molar-refractivity contribution in [1.82, 2.24) is 5.32 Å². The summed E-state index contributed by atoms with van der Waals surface area (Å²) in [7, 11) is 1.36. The fraction of sp³-hybridized carbons (Fsp3) is 0.364. The van der Waals surface area contributed by atoms with E-state index < -0.39 is 12.1 Å². The Kier molecular flexibility index (Phi) is 9.43. The topological polar surface area (TPSA) is 84.9 Å². The van der Waals surface area contributed by atoms with Crippen molar-refractivity contribution in [2.45, 2.75) is 38.4 Å². The Morgan fingerprint density at radius 1 is 1.17 bits per heavy atom. The van der Waals surface area contributed by atoms with E-state index in [1.165, 1.54) is 7.11 Å². The maximum Gasteiger partial charge on any atom is 0.333 e. The molecule has 0 spiro atoms. The molecule has 1 unspecified atom stereocenters. The zero-order chi connectivity index (χ0) is 22.1. The number of carboxylic acids is 1. The number of rotatable bonds is 11. The number of carbonyl (C=O) groups excluding carboxylic acids is 1. The molecule has 2 atom stereocenters. The van der Waals surface area contributed by atoms with Gasteiger partial charge in [0.1, 0.15) is 11.9 Å². The third-order valence-corrected chi connectivity index (χ3v) is 5.01. The smallest absolute Gasteiger partial charge is 0.333 e. The molecule has 0 heterocycles. The normalized spacial score (nSPS) is 12.8. The van der Waals surface area contributed by atoms with Gasteiger partial charge in [-0.25, -0.2) is 4.79 Å². The molecule has 2 aromatic rings. The van der Waals surface area contributed by atoms with Crippen LogP contribution in [-0.4, -0.2) is 42.8 Å². The molecular formula is C22H25Cl2NO5. The van der Waals surface area contributed by atoms with Crippen LogP contribution in [0.3, 0.4) is 0 Å². The molecule has 0 aromatic heterocycles. The zero-order valence-corrected chi connectivity index (χ0v) is 18.4. The monoisotopic (exact) mass is 453 g/mol. The van der Waals surface area contributed by atoms with Crippen LogP contribution >= 0.6 is 23.2 Å². The Balaban J connectivity index is 1.80. The first-order valence-electron chi connectivity index (χ1n) is 9.50. The fourth-order valence-electron chi connectivity index (χ4n) is 2.90. The van der Waals surface area contributed by atoms with Crippen LogP contribution in [0, 0.1) is 0 Å². The van der Waals surface area contributed by atoms with Gasteiger partial charge in [0.2, 0.25) is 5.91 Å². The molecule has 1 amide bonds. The highest BCUT2D eigenvalue weighted by molar-refractivity contribution is 6.35. The number of aliphatic carboxylic acids is 1. The Morgan fingerprint density at radius 2 is 1.93 bits per heavy atom. The Bertz CT molecular complexity index is 874. The van der Waals surface area contributed by atoms with Gasteiger partial charge in [-0.15, -0.1) is 0 Å². The van der Waals surface area contributed by atoms with Crippen molar-refractivity contribution in [3.63, 3.8) is 0 Å². The van der Waals surface area contributed by atoms with Crippen LogP contribution in [0.5, 0.6) is 5.75 Å². The molecule has 30 heavy (non-hydrogen) atoms. The Hall–Kier alpha value is -2.28. The van der Waals surface area contributed by atoms with E-state index in [1.54, 1.807) is 43.3 Å². The van der Waals surface area contributed by atoms with Crippen molar-refractivity contribution in [1.29, 1.82) is 0 Å². The molecule has 8 heteroatoms. The number of benzene rings is 2. The molecule has 0 saturated carbocycles. The highest BCUT2D eigenvalue weighted by Crippen LogP contribution is 2.21. The summed E-state index contributed by atoms with van der Waals surface area (Å²) in [4.78, 5) is 23.3. The minimum absolute atomic E-state index is 0.130. The SMILES string of the molecule is CO[C@@H](Cc1cccc(OC(C)CC(=O)NCCc2ccc(Cl)cc2Cl)c1)C(=O)O. The average Bonchev–Trinajstić information content (AvgIpc) is 2.67. The van der Waals surface area contributed by atoms with Gasteiger partial charge >= 0.3 is 5.97 Å². The second-order valence-electron chi connectivity index (χ2n) is 6.88. The van der Waals surface area contributed by atoms with Gasteiger partial charge in [-0.05, 0) is 48.7 Å². The van der Waals surface area contributed by atoms with Crippen LogP contribution in [0.25, 0.3) is 0 Å². The Morgan fingerprint density at radius 3 is 2.60 bits per heavy atom. The number of carboxylic acid groups (broad SMARTS) is 1. The maximum atomic E-state index is 12.2.